The first-order chi connectivity index (χ1) is 8.16. The van der Waals surface area contributed by atoms with Gasteiger partial charge in [-0.1, -0.05) is 0 Å². The predicted molar refractivity (Wildman–Crippen MR) is 65.7 cm³/mol. The van der Waals surface area contributed by atoms with Crippen LogP contribution in [-0.4, -0.2) is 27.6 Å². The van der Waals surface area contributed by atoms with Crippen LogP contribution in [0.25, 0.3) is 0 Å². The number of hydrogen-bond acceptors (Lipinski definition) is 3. The second-order valence-electron chi connectivity index (χ2n) is 4.93. The molecule has 1 aliphatic heterocycles. The number of nitrogens with zero attached hydrogens (tertiary/aromatic N) is 2. The van der Waals surface area contributed by atoms with Crippen LogP contribution in [0.3, 0.4) is 0 Å². The summed E-state index contributed by atoms with van der Waals surface area (Å²) in [6.45, 7) is 2.85. The maximum absolute atomic E-state index is 10.1. The second kappa shape index (κ2) is 5.65. The van der Waals surface area contributed by atoms with Gasteiger partial charge in [0.25, 0.3) is 0 Å². The first-order valence-electron chi connectivity index (χ1n) is 6.46. The van der Waals surface area contributed by atoms with Gasteiger partial charge < -0.3 is 9.84 Å². The van der Waals surface area contributed by atoms with Crippen molar-refractivity contribution in [3.05, 3.63) is 17.5 Å². The van der Waals surface area contributed by atoms with Gasteiger partial charge in [0.15, 0.2) is 0 Å². The van der Waals surface area contributed by atoms with Gasteiger partial charge >= 0.3 is 0 Å². The van der Waals surface area contributed by atoms with Crippen LogP contribution in [0.5, 0.6) is 0 Å². The fourth-order valence-electron chi connectivity index (χ4n) is 2.51. The fraction of sp³-hybridized carbons (Fsp3) is 0.769. The van der Waals surface area contributed by atoms with Crippen molar-refractivity contribution in [3.63, 3.8) is 0 Å². The third kappa shape index (κ3) is 3.30. The number of rotatable bonds is 5. The topological polar surface area (TPSA) is 47.3 Å². The molecule has 1 fully saturated rings. The van der Waals surface area contributed by atoms with Gasteiger partial charge in [0.05, 0.1) is 17.9 Å². The molecule has 1 aliphatic rings. The highest BCUT2D eigenvalue weighted by molar-refractivity contribution is 5.18. The summed E-state index contributed by atoms with van der Waals surface area (Å²) >= 11 is 0. The van der Waals surface area contributed by atoms with E-state index in [0.29, 0.717) is 6.10 Å². The molecule has 0 saturated carbocycles. The lowest BCUT2D eigenvalue weighted by molar-refractivity contribution is 0.0944. The van der Waals surface area contributed by atoms with Crippen LogP contribution < -0.4 is 0 Å². The number of hydrogen-bond donors (Lipinski definition) is 1. The summed E-state index contributed by atoms with van der Waals surface area (Å²) in [7, 11) is 1.88. The Morgan fingerprint density at radius 1 is 1.65 bits per heavy atom. The third-order valence-electron chi connectivity index (χ3n) is 3.44. The Morgan fingerprint density at radius 3 is 3.06 bits per heavy atom. The number of ether oxygens (including phenoxy) is 1. The Balaban J connectivity index is 1.76. The average molecular weight is 238 g/mol. The van der Waals surface area contributed by atoms with E-state index in [1.807, 2.05) is 20.2 Å². The van der Waals surface area contributed by atoms with Gasteiger partial charge in [0.1, 0.15) is 0 Å². The van der Waals surface area contributed by atoms with Gasteiger partial charge in [-0.25, -0.2) is 0 Å². The Bertz CT molecular complexity index is 356. The third-order valence-corrected chi connectivity index (χ3v) is 3.44. The highest BCUT2D eigenvalue weighted by Crippen LogP contribution is 2.24. The van der Waals surface area contributed by atoms with E-state index in [-0.39, 0.29) is 6.10 Å². The lowest BCUT2D eigenvalue weighted by Crippen LogP contribution is -2.06. The lowest BCUT2D eigenvalue weighted by Gasteiger charge is -2.12. The minimum Gasteiger partial charge on any atom is -0.388 e. The standard InChI is InChI=1S/C13H22N2O2/c1-10-12(9-15(2)14-10)13(16)7-3-5-11-6-4-8-17-11/h9,11,13,16H,3-8H2,1-2H3. The van der Waals surface area contributed by atoms with Crippen LogP contribution >= 0.6 is 0 Å². The van der Waals surface area contributed by atoms with E-state index in [9.17, 15) is 5.11 Å². The molecule has 2 unspecified atom stereocenters. The van der Waals surface area contributed by atoms with Crippen molar-refractivity contribution in [2.24, 2.45) is 7.05 Å². The quantitative estimate of drug-likeness (QED) is 0.854. The molecule has 0 bridgehead atoms. The molecule has 0 spiro atoms. The van der Waals surface area contributed by atoms with Crippen molar-refractivity contribution in [2.75, 3.05) is 6.61 Å². The molecule has 0 aromatic carbocycles. The largest absolute Gasteiger partial charge is 0.388 e. The van der Waals surface area contributed by atoms with Gasteiger partial charge in [0.2, 0.25) is 0 Å². The zero-order valence-corrected chi connectivity index (χ0v) is 10.7. The minimum atomic E-state index is -0.384. The van der Waals surface area contributed by atoms with Crippen molar-refractivity contribution < 1.29 is 9.84 Å². The lowest BCUT2D eigenvalue weighted by atomic mass is 10.0. The summed E-state index contributed by atoms with van der Waals surface area (Å²) in [5.74, 6) is 0. The number of aromatic nitrogens is 2. The summed E-state index contributed by atoms with van der Waals surface area (Å²) in [6.07, 6.45) is 7.20. The Hall–Kier alpha value is -0.870. The molecule has 1 N–H and O–H groups in total. The van der Waals surface area contributed by atoms with Crippen LogP contribution in [0, 0.1) is 6.92 Å². The van der Waals surface area contributed by atoms with Gasteiger partial charge in [-0.15, -0.1) is 0 Å². The molecule has 4 heteroatoms. The molecular weight excluding hydrogens is 216 g/mol. The first kappa shape index (κ1) is 12.6. The summed E-state index contributed by atoms with van der Waals surface area (Å²) in [5, 5.41) is 14.3. The van der Waals surface area contributed by atoms with E-state index in [0.717, 1.165) is 37.1 Å². The summed E-state index contributed by atoms with van der Waals surface area (Å²) in [5.41, 5.74) is 1.89. The zero-order chi connectivity index (χ0) is 12.3. The molecule has 1 saturated heterocycles. The van der Waals surface area contributed by atoms with Crippen LogP contribution in [0.2, 0.25) is 0 Å². The van der Waals surface area contributed by atoms with Crippen molar-refractivity contribution in [1.29, 1.82) is 0 Å². The van der Waals surface area contributed by atoms with Crippen LogP contribution in [0.15, 0.2) is 6.20 Å². The SMILES string of the molecule is Cc1nn(C)cc1C(O)CCCC1CCCO1. The van der Waals surface area contributed by atoms with E-state index in [1.54, 1.807) is 4.68 Å². The highest BCUT2D eigenvalue weighted by atomic mass is 16.5. The molecule has 17 heavy (non-hydrogen) atoms. The van der Waals surface area contributed by atoms with Gasteiger partial charge in [-0.2, -0.15) is 5.10 Å². The zero-order valence-electron chi connectivity index (χ0n) is 10.7. The number of aryl methyl sites for hydroxylation is 2. The maximum Gasteiger partial charge on any atom is 0.0823 e. The van der Waals surface area contributed by atoms with Crippen molar-refractivity contribution in [3.8, 4) is 0 Å². The fourth-order valence-corrected chi connectivity index (χ4v) is 2.51. The molecule has 1 aromatic heterocycles. The summed E-state index contributed by atoms with van der Waals surface area (Å²) in [4.78, 5) is 0. The second-order valence-corrected chi connectivity index (χ2v) is 4.93. The van der Waals surface area contributed by atoms with E-state index in [2.05, 4.69) is 5.10 Å². The van der Waals surface area contributed by atoms with Gasteiger partial charge in [-0.05, 0) is 39.0 Å². The highest BCUT2D eigenvalue weighted by Gasteiger charge is 2.17. The number of aliphatic hydroxyl groups is 1. The van der Waals surface area contributed by atoms with Gasteiger partial charge in [-0.3, -0.25) is 4.68 Å². The molecular formula is C13H22N2O2. The van der Waals surface area contributed by atoms with E-state index in [1.165, 1.54) is 12.8 Å². The van der Waals surface area contributed by atoms with Crippen molar-refractivity contribution in [2.45, 2.75) is 51.2 Å². The Kier molecular flexibility index (Phi) is 4.18. The van der Waals surface area contributed by atoms with Crippen LogP contribution in [0.1, 0.15) is 49.5 Å². The molecule has 2 atom stereocenters. The molecule has 0 radical (unpaired) electrons. The molecule has 96 valence electrons. The van der Waals surface area contributed by atoms with Crippen LogP contribution in [0.4, 0.5) is 0 Å². The Morgan fingerprint density at radius 2 is 2.47 bits per heavy atom. The van der Waals surface area contributed by atoms with Crippen molar-refractivity contribution >= 4 is 0 Å². The molecule has 4 nitrogen and oxygen atoms in total. The summed E-state index contributed by atoms with van der Waals surface area (Å²) < 4.78 is 7.33. The maximum atomic E-state index is 10.1. The van der Waals surface area contributed by atoms with E-state index < -0.39 is 0 Å². The first-order valence-corrected chi connectivity index (χ1v) is 6.46. The normalized spacial score (nSPS) is 21.9. The molecule has 1 aromatic rings. The minimum absolute atomic E-state index is 0.384. The molecule has 0 amide bonds. The average Bonchev–Trinajstić information content (AvgIpc) is 2.88. The number of aliphatic hydroxyl groups excluding tert-OH is 1. The Labute approximate surface area is 103 Å². The van der Waals surface area contributed by atoms with Crippen molar-refractivity contribution in [1.82, 2.24) is 9.78 Å². The summed E-state index contributed by atoms with van der Waals surface area (Å²) in [6, 6.07) is 0. The van der Waals surface area contributed by atoms with E-state index >= 15 is 0 Å². The van der Waals surface area contributed by atoms with Crippen LogP contribution in [-0.2, 0) is 11.8 Å². The molecule has 2 heterocycles. The smallest absolute Gasteiger partial charge is 0.0823 e. The molecule has 0 aliphatic carbocycles. The monoisotopic (exact) mass is 238 g/mol. The predicted octanol–water partition coefficient (Wildman–Crippen LogP) is 2.11. The van der Waals surface area contributed by atoms with E-state index in [4.69, 9.17) is 4.74 Å². The molecule has 2 rings (SSSR count). The van der Waals surface area contributed by atoms with Gasteiger partial charge in [0, 0.05) is 25.4 Å².